The zero-order valence-electron chi connectivity index (χ0n) is 21.1. The van der Waals surface area contributed by atoms with Crippen molar-refractivity contribution in [3.63, 3.8) is 0 Å². The van der Waals surface area contributed by atoms with Crippen LogP contribution in [0.3, 0.4) is 0 Å². The van der Waals surface area contributed by atoms with E-state index in [1.807, 2.05) is 30.6 Å². The van der Waals surface area contributed by atoms with E-state index < -0.39 is 45.6 Å². The van der Waals surface area contributed by atoms with Crippen LogP contribution < -0.4 is 10.3 Å². The summed E-state index contributed by atoms with van der Waals surface area (Å²) in [7, 11) is 0. The van der Waals surface area contributed by atoms with Gasteiger partial charge >= 0.3 is 41.5 Å². The van der Waals surface area contributed by atoms with E-state index in [0.717, 1.165) is 6.07 Å². The SMILES string of the molecule is CCn1cc(C(=O)O)c(=O)c2cc(F)c(N3CCN(C=NC4C(=O)N5C4SC(C)(C)C5C(=O)O)CC3)cc21.[NaH]. The average molecular weight is 570 g/mol. The monoisotopic (exact) mass is 569 g/mol. The molecule has 0 saturated carbocycles. The maximum absolute atomic E-state index is 15.1. The molecule has 0 aliphatic carbocycles. The molecule has 1 aromatic carbocycles. The Bertz CT molecular complexity index is 1440. The van der Waals surface area contributed by atoms with Gasteiger partial charge in [0.1, 0.15) is 22.8 Å². The molecule has 2 aromatic rings. The Morgan fingerprint density at radius 2 is 1.85 bits per heavy atom. The number of fused-ring (bicyclic) bond motifs is 2. The number of nitrogens with zero attached hydrogens (tertiary/aromatic N) is 5. The molecule has 14 heteroatoms. The van der Waals surface area contributed by atoms with Gasteiger partial charge in [-0.3, -0.25) is 14.6 Å². The predicted octanol–water partition coefficient (Wildman–Crippen LogP) is 0.876. The van der Waals surface area contributed by atoms with Crippen LogP contribution in [-0.4, -0.2) is 127 Å². The number of carboxylic acids is 2. The zero-order valence-corrected chi connectivity index (χ0v) is 21.9. The van der Waals surface area contributed by atoms with Gasteiger partial charge in [0.05, 0.1) is 17.5 Å². The third kappa shape index (κ3) is 4.94. The van der Waals surface area contributed by atoms with Crippen LogP contribution in [0, 0.1) is 5.82 Å². The number of rotatable bonds is 6. The molecule has 1 amide bonds. The van der Waals surface area contributed by atoms with E-state index in [9.17, 15) is 29.4 Å². The first-order chi connectivity index (χ1) is 17.9. The van der Waals surface area contributed by atoms with Gasteiger partial charge in [0.15, 0.2) is 6.04 Å². The molecule has 39 heavy (non-hydrogen) atoms. The van der Waals surface area contributed by atoms with Gasteiger partial charge in [0.2, 0.25) is 5.43 Å². The summed E-state index contributed by atoms with van der Waals surface area (Å²) in [6.45, 7) is 7.83. The van der Waals surface area contributed by atoms with E-state index in [2.05, 4.69) is 4.99 Å². The summed E-state index contributed by atoms with van der Waals surface area (Å²) in [4.78, 5) is 58.0. The quantitative estimate of drug-likeness (QED) is 0.225. The topological polar surface area (TPSA) is 136 Å². The molecule has 3 aliphatic rings. The van der Waals surface area contributed by atoms with E-state index >= 15 is 4.39 Å². The van der Waals surface area contributed by atoms with E-state index in [1.54, 1.807) is 17.0 Å². The van der Waals surface area contributed by atoms with E-state index in [1.165, 1.54) is 22.9 Å². The number of carbonyl (C=O) groups is 3. The molecular weight excluding hydrogens is 540 g/mol. The van der Waals surface area contributed by atoms with Gasteiger partial charge < -0.3 is 29.5 Å². The van der Waals surface area contributed by atoms with Gasteiger partial charge in [0.25, 0.3) is 5.91 Å². The number of carbonyl (C=O) groups excluding carboxylic acids is 1. The molecule has 2 N–H and O–H groups in total. The van der Waals surface area contributed by atoms with Crippen LogP contribution in [0.15, 0.2) is 28.1 Å². The molecule has 3 saturated heterocycles. The minimum atomic E-state index is -1.35. The van der Waals surface area contributed by atoms with Crippen molar-refractivity contribution < 1.29 is 29.0 Å². The van der Waals surface area contributed by atoms with Crippen LogP contribution in [0.4, 0.5) is 10.1 Å². The number of aromatic nitrogens is 1. The van der Waals surface area contributed by atoms with Crippen molar-refractivity contribution in [3.05, 3.63) is 39.9 Å². The van der Waals surface area contributed by atoms with Crippen LogP contribution >= 0.6 is 11.8 Å². The first kappa shape index (κ1) is 29.4. The number of thioether (sulfide) groups is 1. The fourth-order valence-electron chi connectivity index (χ4n) is 5.43. The molecular formula is C25H29FN5NaO6S. The van der Waals surface area contributed by atoms with Gasteiger partial charge in [-0.05, 0) is 32.9 Å². The molecule has 4 heterocycles. The van der Waals surface area contributed by atoms with Crippen LogP contribution in [0.2, 0.25) is 0 Å². The number of hydrogen-bond donors (Lipinski definition) is 2. The average Bonchev–Trinajstić information content (AvgIpc) is 3.12. The summed E-state index contributed by atoms with van der Waals surface area (Å²) in [5.41, 5.74) is -0.322. The first-order valence-corrected chi connectivity index (χ1v) is 13.2. The van der Waals surface area contributed by atoms with E-state index in [4.69, 9.17) is 0 Å². The fraction of sp³-hybridized carbons (Fsp3) is 0.480. The molecule has 0 bridgehead atoms. The van der Waals surface area contributed by atoms with Crippen LogP contribution in [-0.2, 0) is 16.1 Å². The Kier molecular flexibility index (Phi) is 8.10. The van der Waals surface area contributed by atoms with Gasteiger partial charge in [-0.2, -0.15) is 0 Å². The Labute approximate surface area is 249 Å². The standard InChI is InChI=1S/C25H28FN5O6S.Na.H/c1-4-29-11-14(23(34)35)19(32)13-9-15(26)17(10-16(13)29)30-7-5-28(6-8-30)12-27-18-21(33)31-20(24(36)37)25(2,3)38-22(18)31;;/h9-12,18,20,22H,4-8H2,1-3H3,(H,34,35)(H,36,37);;. The Morgan fingerprint density at radius 1 is 1.18 bits per heavy atom. The van der Waals surface area contributed by atoms with Crippen LogP contribution in [0.5, 0.6) is 0 Å². The maximum atomic E-state index is 15.1. The summed E-state index contributed by atoms with van der Waals surface area (Å²) in [5, 5.41) is 18.6. The number of piperazine rings is 1. The molecule has 1 aromatic heterocycles. The number of carboxylic acid groups (broad SMARTS) is 2. The number of amides is 1. The summed E-state index contributed by atoms with van der Waals surface area (Å²) in [6, 6.07) is 1.20. The molecule has 0 spiro atoms. The molecule has 11 nitrogen and oxygen atoms in total. The third-order valence-corrected chi connectivity index (χ3v) is 8.97. The van der Waals surface area contributed by atoms with Gasteiger partial charge in [0, 0.05) is 49.1 Å². The zero-order chi connectivity index (χ0) is 27.5. The second kappa shape index (κ2) is 10.8. The molecule has 204 valence electrons. The number of aromatic carboxylic acids is 1. The Balaban J connectivity index is 0.00000353. The number of aryl methyl sites for hydroxylation is 1. The molecule has 3 unspecified atom stereocenters. The molecule has 3 fully saturated rings. The van der Waals surface area contributed by atoms with E-state index in [0.29, 0.717) is 43.9 Å². The van der Waals surface area contributed by atoms with Crippen molar-refractivity contribution in [1.82, 2.24) is 14.4 Å². The van der Waals surface area contributed by atoms with Crippen molar-refractivity contribution in [3.8, 4) is 0 Å². The van der Waals surface area contributed by atoms with Crippen molar-refractivity contribution in [2.24, 2.45) is 4.99 Å². The van der Waals surface area contributed by atoms with Crippen LogP contribution in [0.25, 0.3) is 10.9 Å². The summed E-state index contributed by atoms with van der Waals surface area (Å²) < 4.78 is 16.1. The third-order valence-electron chi connectivity index (χ3n) is 7.41. The number of β-lactam (4-membered cyclic amide) rings is 1. The normalized spacial score (nSPS) is 24.1. The Hall–Kier alpha value is -2.61. The Morgan fingerprint density at radius 3 is 2.44 bits per heavy atom. The van der Waals surface area contributed by atoms with Crippen LogP contribution in [0.1, 0.15) is 31.1 Å². The molecule has 3 aliphatic heterocycles. The number of aliphatic carboxylic acids is 1. The second-order valence-corrected chi connectivity index (χ2v) is 11.9. The number of halogens is 1. The number of anilines is 1. The number of benzene rings is 1. The number of pyridine rings is 1. The number of aliphatic imine (C=N–C) groups is 1. The predicted molar refractivity (Wildman–Crippen MR) is 148 cm³/mol. The second-order valence-electron chi connectivity index (χ2n) is 10.1. The summed E-state index contributed by atoms with van der Waals surface area (Å²) in [5.74, 6) is -3.26. The summed E-state index contributed by atoms with van der Waals surface area (Å²) in [6.07, 6.45) is 2.91. The molecule has 0 radical (unpaired) electrons. The molecule has 5 rings (SSSR count). The van der Waals surface area contributed by atoms with Crippen molar-refractivity contribution in [2.45, 2.75) is 49.5 Å². The van der Waals surface area contributed by atoms with Gasteiger partial charge in [-0.25, -0.2) is 14.0 Å². The fourth-order valence-corrected chi connectivity index (χ4v) is 7.05. The van der Waals surface area contributed by atoms with Crippen molar-refractivity contribution >= 4 is 82.1 Å². The van der Waals surface area contributed by atoms with Gasteiger partial charge in [-0.15, -0.1) is 11.8 Å². The molecule has 3 atom stereocenters. The van der Waals surface area contributed by atoms with Crippen molar-refractivity contribution in [1.29, 1.82) is 0 Å². The minimum absolute atomic E-state index is 0. The van der Waals surface area contributed by atoms with Crippen molar-refractivity contribution in [2.75, 3.05) is 31.1 Å². The van der Waals surface area contributed by atoms with Gasteiger partial charge in [-0.1, -0.05) is 0 Å². The first-order valence-electron chi connectivity index (χ1n) is 12.3. The van der Waals surface area contributed by atoms with E-state index in [-0.39, 0.29) is 46.2 Å². The summed E-state index contributed by atoms with van der Waals surface area (Å²) >= 11 is 1.44. The number of hydrogen-bond acceptors (Lipinski definition) is 7.